The van der Waals surface area contributed by atoms with Crippen molar-refractivity contribution < 1.29 is 5.11 Å². The second kappa shape index (κ2) is 6.17. The standard InChI is InChI=1S/C14H18ClN3O/c1-3-7-18-13(16-9-17-18)8-12(19)11-6-4-5-10(2)14(11)15/h4-6,9,12,19H,3,7-8H2,1-2H3. The van der Waals surface area contributed by atoms with Crippen LogP contribution in [0.2, 0.25) is 5.02 Å². The molecular weight excluding hydrogens is 262 g/mol. The van der Waals surface area contributed by atoms with Gasteiger partial charge < -0.3 is 5.11 Å². The van der Waals surface area contributed by atoms with Crippen molar-refractivity contribution in [2.75, 3.05) is 0 Å². The number of aliphatic hydroxyl groups is 1. The summed E-state index contributed by atoms with van der Waals surface area (Å²) in [6.07, 6.45) is 2.27. The third kappa shape index (κ3) is 3.14. The molecule has 0 spiro atoms. The van der Waals surface area contributed by atoms with Gasteiger partial charge in [-0.25, -0.2) is 4.98 Å². The summed E-state index contributed by atoms with van der Waals surface area (Å²) >= 11 is 6.23. The molecule has 0 aliphatic heterocycles. The molecule has 0 saturated heterocycles. The average molecular weight is 280 g/mol. The van der Waals surface area contributed by atoms with Crippen molar-refractivity contribution in [3.05, 3.63) is 46.5 Å². The Balaban J connectivity index is 2.18. The summed E-state index contributed by atoms with van der Waals surface area (Å²) < 4.78 is 1.83. The summed E-state index contributed by atoms with van der Waals surface area (Å²) in [5.74, 6) is 0.784. The van der Waals surface area contributed by atoms with Gasteiger partial charge in [0.1, 0.15) is 12.2 Å². The lowest BCUT2D eigenvalue weighted by Crippen LogP contribution is -2.11. The first-order valence-electron chi connectivity index (χ1n) is 6.43. The minimum Gasteiger partial charge on any atom is -0.388 e. The van der Waals surface area contributed by atoms with Gasteiger partial charge in [-0.05, 0) is 24.5 Å². The monoisotopic (exact) mass is 279 g/mol. The van der Waals surface area contributed by atoms with Crippen molar-refractivity contribution in [1.29, 1.82) is 0 Å². The van der Waals surface area contributed by atoms with Gasteiger partial charge in [-0.1, -0.05) is 36.7 Å². The van der Waals surface area contributed by atoms with Crippen molar-refractivity contribution in [1.82, 2.24) is 14.8 Å². The van der Waals surface area contributed by atoms with Gasteiger partial charge in [0.05, 0.1) is 6.10 Å². The van der Waals surface area contributed by atoms with Crippen LogP contribution in [0.1, 0.15) is 36.4 Å². The molecule has 1 aromatic carbocycles. The van der Waals surface area contributed by atoms with E-state index in [0.717, 1.165) is 29.9 Å². The smallest absolute Gasteiger partial charge is 0.138 e. The van der Waals surface area contributed by atoms with Crippen LogP contribution in [0.5, 0.6) is 0 Å². The molecule has 0 amide bonds. The first-order valence-corrected chi connectivity index (χ1v) is 6.81. The van der Waals surface area contributed by atoms with Crippen molar-refractivity contribution in [2.24, 2.45) is 0 Å². The molecule has 2 aromatic rings. The molecule has 2 rings (SSSR count). The second-order valence-electron chi connectivity index (χ2n) is 4.60. The van der Waals surface area contributed by atoms with E-state index in [4.69, 9.17) is 11.6 Å². The Kier molecular flexibility index (Phi) is 4.56. The Labute approximate surface area is 118 Å². The van der Waals surface area contributed by atoms with Crippen LogP contribution < -0.4 is 0 Å². The zero-order chi connectivity index (χ0) is 13.8. The lowest BCUT2D eigenvalue weighted by Gasteiger charge is -2.14. The molecule has 1 N–H and O–H groups in total. The fraction of sp³-hybridized carbons (Fsp3) is 0.429. The van der Waals surface area contributed by atoms with Gasteiger partial charge in [0.15, 0.2) is 0 Å². The molecule has 0 aliphatic rings. The molecule has 0 fully saturated rings. The molecule has 102 valence electrons. The highest BCUT2D eigenvalue weighted by molar-refractivity contribution is 6.32. The van der Waals surface area contributed by atoms with Crippen LogP contribution in [0.15, 0.2) is 24.5 Å². The number of benzene rings is 1. The summed E-state index contributed by atoms with van der Waals surface area (Å²) in [5, 5.41) is 15.1. The van der Waals surface area contributed by atoms with Crippen LogP contribution in [0.4, 0.5) is 0 Å². The number of aromatic nitrogens is 3. The number of aliphatic hydroxyl groups excluding tert-OH is 1. The van der Waals surface area contributed by atoms with E-state index >= 15 is 0 Å². The fourth-order valence-corrected chi connectivity index (χ4v) is 2.31. The molecular formula is C14H18ClN3O. The normalized spacial score (nSPS) is 12.6. The van der Waals surface area contributed by atoms with E-state index in [-0.39, 0.29) is 0 Å². The minimum atomic E-state index is -0.660. The molecule has 1 aromatic heterocycles. The maximum atomic E-state index is 10.3. The highest BCUT2D eigenvalue weighted by Crippen LogP contribution is 2.27. The second-order valence-corrected chi connectivity index (χ2v) is 4.98. The molecule has 4 nitrogen and oxygen atoms in total. The number of aryl methyl sites for hydroxylation is 2. The zero-order valence-corrected chi connectivity index (χ0v) is 11.9. The quantitative estimate of drug-likeness (QED) is 0.915. The lowest BCUT2D eigenvalue weighted by atomic mass is 10.0. The van der Waals surface area contributed by atoms with Gasteiger partial charge >= 0.3 is 0 Å². The molecule has 1 unspecified atom stereocenters. The molecule has 1 atom stereocenters. The van der Waals surface area contributed by atoms with Crippen LogP contribution in [-0.4, -0.2) is 19.9 Å². The summed E-state index contributed by atoms with van der Waals surface area (Å²) in [5.41, 5.74) is 1.71. The average Bonchev–Trinajstić information content (AvgIpc) is 2.80. The first-order chi connectivity index (χ1) is 9.13. The summed E-state index contributed by atoms with van der Waals surface area (Å²) in [7, 11) is 0. The number of rotatable bonds is 5. The van der Waals surface area contributed by atoms with E-state index in [1.807, 2.05) is 29.8 Å². The first kappa shape index (κ1) is 14.0. The van der Waals surface area contributed by atoms with Gasteiger partial charge in [0.25, 0.3) is 0 Å². The Hall–Kier alpha value is -1.39. The Morgan fingerprint density at radius 2 is 2.21 bits per heavy atom. The van der Waals surface area contributed by atoms with Gasteiger partial charge in [-0.3, -0.25) is 4.68 Å². The van der Waals surface area contributed by atoms with E-state index < -0.39 is 6.10 Å². The van der Waals surface area contributed by atoms with Crippen molar-refractivity contribution in [3.8, 4) is 0 Å². The molecule has 1 heterocycles. The third-order valence-electron chi connectivity index (χ3n) is 3.09. The molecule has 19 heavy (non-hydrogen) atoms. The Morgan fingerprint density at radius 3 is 2.95 bits per heavy atom. The van der Waals surface area contributed by atoms with Crippen LogP contribution in [0.25, 0.3) is 0 Å². The van der Waals surface area contributed by atoms with E-state index in [0.29, 0.717) is 11.4 Å². The molecule has 0 radical (unpaired) electrons. The van der Waals surface area contributed by atoms with E-state index in [1.54, 1.807) is 0 Å². The highest BCUT2D eigenvalue weighted by atomic mass is 35.5. The van der Waals surface area contributed by atoms with Crippen molar-refractivity contribution >= 4 is 11.6 Å². The summed E-state index contributed by atoms with van der Waals surface area (Å²) in [6.45, 7) is 4.82. The van der Waals surface area contributed by atoms with Crippen LogP contribution in [0.3, 0.4) is 0 Å². The largest absolute Gasteiger partial charge is 0.388 e. The number of halogens is 1. The zero-order valence-electron chi connectivity index (χ0n) is 11.2. The molecule has 0 aliphatic carbocycles. The fourth-order valence-electron chi connectivity index (χ4n) is 2.06. The van der Waals surface area contributed by atoms with E-state index in [1.165, 1.54) is 6.33 Å². The van der Waals surface area contributed by atoms with E-state index in [9.17, 15) is 5.11 Å². The van der Waals surface area contributed by atoms with Crippen LogP contribution in [-0.2, 0) is 13.0 Å². The third-order valence-corrected chi connectivity index (χ3v) is 3.60. The Bertz CT molecular complexity index is 553. The van der Waals surface area contributed by atoms with Crippen molar-refractivity contribution in [3.63, 3.8) is 0 Å². The van der Waals surface area contributed by atoms with Crippen LogP contribution >= 0.6 is 11.6 Å². The maximum absolute atomic E-state index is 10.3. The van der Waals surface area contributed by atoms with Gasteiger partial charge in [0.2, 0.25) is 0 Å². The van der Waals surface area contributed by atoms with Crippen LogP contribution in [0, 0.1) is 6.92 Å². The number of nitrogens with zero attached hydrogens (tertiary/aromatic N) is 3. The highest BCUT2D eigenvalue weighted by Gasteiger charge is 2.16. The van der Waals surface area contributed by atoms with Gasteiger partial charge in [-0.15, -0.1) is 0 Å². The molecule has 0 bridgehead atoms. The molecule has 0 saturated carbocycles. The van der Waals surface area contributed by atoms with E-state index in [2.05, 4.69) is 17.0 Å². The predicted octanol–water partition coefficient (Wildman–Crippen LogP) is 2.93. The van der Waals surface area contributed by atoms with Gasteiger partial charge in [0, 0.05) is 18.0 Å². The predicted molar refractivity (Wildman–Crippen MR) is 75.2 cm³/mol. The minimum absolute atomic E-state index is 0.420. The SMILES string of the molecule is CCCn1ncnc1CC(O)c1cccc(C)c1Cl. The van der Waals surface area contributed by atoms with Crippen molar-refractivity contribution in [2.45, 2.75) is 39.3 Å². The Morgan fingerprint density at radius 1 is 1.42 bits per heavy atom. The topological polar surface area (TPSA) is 50.9 Å². The summed E-state index contributed by atoms with van der Waals surface area (Å²) in [6, 6.07) is 5.68. The summed E-state index contributed by atoms with van der Waals surface area (Å²) in [4.78, 5) is 4.20. The molecule has 5 heteroatoms. The maximum Gasteiger partial charge on any atom is 0.138 e. The lowest BCUT2D eigenvalue weighted by molar-refractivity contribution is 0.174. The number of hydrogen-bond acceptors (Lipinski definition) is 3. The number of hydrogen-bond donors (Lipinski definition) is 1. The van der Waals surface area contributed by atoms with Gasteiger partial charge in [-0.2, -0.15) is 5.10 Å².